The van der Waals surface area contributed by atoms with E-state index in [-0.39, 0.29) is 12.6 Å². The Morgan fingerprint density at radius 1 is 0.980 bits per heavy atom. The summed E-state index contributed by atoms with van der Waals surface area (Å²) in [6.07, 6.45) is 3.03. The number of oxazole rings is 1. The van der Waals surface area contributed by atoms with Gasteiger partial charge in [0.15, 0.2) is 11.4 Å². The lowest BCUT2D eigenvalue weighted by Crippen LogP contribution is -2.28. The number of likely N-dealkylation sites (tertiary alicyclic amines) is 1. The van der Waals surface area contributed by atoms with Crippen LogP contribution in [0.3, 0.4) is 0 Å². The summed E-state index contributed by atoms with van der Waals surface area (Å²) in [6.45, 7) is 13.9. The Morgan fingerprint density at radius 2 is 1.74 bits per heavy atom. The SMILES string of the molecule is Cc1nc(Nc2cccc(-c3cccc(-c4nc5cc(CN6CC[C@H](C)C6)cc(C#N)c5o4)c3C)c2C)c2ncc(CN[C@@H](C)CO)cc2n1. The normalized spacial score (nSPS) is 15.5. The molecule has 0 aliphatic carbocycles. The molecule has 7 rings (SSSR count). The number of nitriles is 1. The summed E-state index contributed by atoms with van der Waals surface area (Å²) in [7, 11) is 0. The monoisotopic (exact) mass is 666 g/mol. The van der Waals surface area contributed by atoms with Crippen molar-refractivity contribution in [1.82, 2.24) is 30.2 Å². The molecule has 1 aliphatic heterocycles. The summed E-state index contributed by atoms with van der Waals surface area (Å²) >= 11 is 0. The second-order valence-corrected chi connectivity index (χ2v) is 13.6. The number of aryl methyl sites for hydroxylation is 1. The van der Waals surface area contributed by atoms with Crippen LogP contribution in [-0.4, -0.2) is 55.7 Å². The second kappa shape index (κ2) is 14.0. The van der Waals surface area contributed by atoms with Gasteiger partial charge in [0.05, 0.1) is 17.7 Å². The molecule has 1 saturated heterocycles. The number of hydrogen-bond donors (Lipinski definition) is 3. The number of nitrogens with one attached hydrogen (secondary N) is 2. The number of aromatic nitrogens is 4. The maximum absolute atomic E-state index is 10.0. The van der Waals surface area contributed by atoms with Crippen molar-refractivity contribution in [2.24, 2.45) is 5.92 Å². The van der Waals surface area contributed by atoms with Crippen molar-refractivity contribution in [3.63, 3.8) is 0 Å². The molecule has 0 unspecified atom stereocenters. The van der Waals surface area contributed by atoms with Crippen LogP contribution in [0.25, 0.3) is 44.7 Å². The highest BCUT2D eigenvalue weighted by molar-refractivity contribution is 5.89. The molecule has 0 radical (unpaired) electrons. The fourth-order valence-electron chi connectivity index (χ4n) is 6.88. The highest BCUT2D eigenvalue weighted by atomic mass is 16.3. The van der Waals surface area contributed by atoms with Gasteiger partial charge >= 0.3 is 0 Å². The molecule has 0 saturated carbocycles. The lowest BCUT2D eigenvalue weighted by Gasteiger charge is -2.17. The Bertz CT molecular complexity index is 2260. The Kier molecular flexibility index (Phi) is 9.29. The standard InChI is InChI=1S/C40H42N8O2/c1-23-12-13-48(20-23)21-28-14-30(17-41)38-36(15-28)47-40(50-38)33-10-6-8-31(25(33)3)32-9-7-11-34(26(32)4)46-39-37-35(44-27(5)45-39)16-29(19-43-37)18-42-24(2)22-49/h6-11,14-16,19,23-24,42,49H,12-13,18,20-22H2,1-5H3,(H,44,45,46)/t23-,24-/m0/s1. The van der Waals surface area contributed by atoms with Crippen molar-refractivity contribution in [1.29, 1.82) is 5.26 Å². The van der Waals surface area contributed by atoms with Crippen molar-refractivity contribution >= 4 is 33.6 Å². The lowest BCUT2D eigenvalue weighted by atomic mass is 9.93. The highest BCUT2D eigenvalue weighted by Gasteiger charge is 2.22. The van der Waals surface area contributed by atoms with Gasteiger partial charge in [0.1, 0.15) is 22.9 Å². The van der Waals surface area contributed by atoms with E-state index in [1.165, 1.54) is 6.42 Å². The molecule has 50 heavy (non-hydrogen) atoms. The molecule has 6 aromatic rings. The van der Waals surface area contributed by atoms with Gasteiger partial charge in [-0.05, 0) is 110 Å². The van der Waals surface area contributed by atoms with Crippen LogP contribution in [0.4, 0.5) is 11.5 Å². The molecule has 1 fully saturated rings. The first-order valence-corrected chi connectivity index (χ1v) is 17.2. The van der Waals surface area contributed by atoms with Crippen molar-refractivity contribution in [2.75, 3.05) is 25.0 Å². The van der Waals surface area contributed by atoms with Gasteiger partial charge in [-0.3, -0.25) is 9.88 Å². The van der Waals surface area contributed by atoms with Crippen LogP contribution in [0.5, 0.6) is 0 Å². The van der Waals surface area contributed by atoms with Crippen LogP contribution >= 0.6 is 0 Å². The number of aliphatic hydroxyl groups is 1. The Morgan fingerprint density at radius 3 is 2.50 bits per heavy atom. The first-order chi connectivity index (χ1) is 24.2. The number of anilines is 2. The zero-order valence-electron chi connectivity index (χ0n) is 29.2. The summed E-state index contributed by atoms with van der Waals surface area (Å²) in [5.74, 6) is 2.48. The molecule has 3 N–H and O–H groups in total. The van der Waals surface area contributed by atoms with Gasteiger partial charge in [-0.15, -0.1) is 0 Å². The van der Waals surface area contributed by atoms with Crippen molar-refractivity contribution in [2.45, 2.75) is 60.2 Å². The largest absolute Gasteiger partial charge is 0.435 e. The number of nitrogens with zero attached hydrogens (tertiary/aromatic N) is 6. The Labute approximate surface area is 292 Å². The predicted octanol–water partition coefficient (Wildman–Crippen LogP) is 7.35. The third-order valence-electron chi connectivity index (χ3n) is 9.66. The fraction of sp³-hybridized carbons (Fsp3) is 0.325. The number of pyridine rings is 1. The first-order valence-electron chi connectivity index (χ1n) is 17.2. The van der Waals surface area contributed by atoms with Crippen molar-refractivity contribution in [3.8, 4) is 28.7 Å². The van der Waals surface area contributed by atoms with Gasteiger partial charge in [-0.2, -0.15) is 5.26 Å². The van der Waals surface area contributed by atoms with Crippen LogP contribution in [0.2, 0.25) is 0 Å². The number of hydrogen-bond acceptors (Lipinski definition) is 10. The molecule has 4 heterocycles. The summed E-state index contributed by atoms with van der Waals surface area (Å²) in [5, 5.41) is 26.2. The number of fused-ring (bicyclic) bond motifs is 2. The molecule has 0 bridgehead atoms. The number of rotatable bonds is 10. The average molecular weight is 667 g/mol. The molecular formula is C40H42N8O2. The zero-order valence-corrected chi connectivity index (χ0v) is 29.2. The summed E-state index contributed by atoms with van der Waals surface area (Å²) in [6, 6.07) is 20.7. The number of aliphatic hydroxyl groups excluding tert-OH is 1. The first kappa shape index (κ1) is 33.3. The molecule has 2 atom stereocenters. The molecule has 3 aromatic carbocycles. The van der Waals surface area contributed by atoms with E-state index in [1.54, 1.807) is 0 Å². The lowest BCUT2D eigenvalue weighted by molar-refractivity contribution is 0.251. The maximum atomic E-state index is 10.0. The molecule has 3 aromatic heterocycles. The van der Waals surface area contributed by atoms with Gasteiger partial charge in [-0.1, -0.05) is 31.2 Å². The van der Waals surface area contributed by atoms with Crippen molar-refractivity contribution < 1.29 is 9.52 Å². The molecule has 1 aliphatic rings. The van der Waals surface area contributed by atoms with E-state index in [2.05, 4.69) is 65.6 Å². The topological polar surface area (TPSA) is 136 Å². The van der Waals surface area contributed by atoms with Crippen LogP contribution in [0.15, 0.2) is 65.2 Å². The zero-order chi connectivity index (χ0) is 34.9. The van der Waals surface area contributed by atoms with Gasteiger partial charge in [0.25, 0.3) is 0 Å². The molecule has 254 valence electrons. The quantitative estimate of drug-likeness (QED) is 0.136. The minimum atomic E-state index is -0.0112. The number of benzene rings is 3. The fourth-order valence-corrected chi connectivity index (χ4v) is 6.88. The van der Waals surface area contributed by atoms with E-state index in [4.69, 9.17) is 19.4 Å². The average Bonchev–Trinajstić information content (AvgIpc) is 3.73. The minimum absolute atomic E-state index is 0.0112. The van der Waals surface area contributed by atoms with Crippen LogP contribution in [0.1, 0.15) is 53.9 Å². The highest BCUT2D eigenvalue weighted by Crippen LogP contribution is 2.38. The molecule has 0 spiro atoms. The van der Waals surface area contributed by atoms with Crippen LogP contribution in [-0.2, 0) is 13.1 Å². The summed E-state index contributed by atoms with van der Waals surface area (Å²) in [4.78, 5) is 21.5. The van der Waals surface area contributed by atoms with E-state index in [0.29, 0.717) is 52.2 Å². The molecule has 0 amide bonds. The third kappa shape index (κ3) is 6.68. The summed E-state index contributed by atoms with van der Waals surface area (Å²) < 4.78 is 6.32. The molecule has 10 heteroatoms. The van der Waals surface area contributed by atoms with E-state index >= 15 is 0 Å². The van der Waals surface area contributed by atoms with Crippen molar-refractivity contribution in [3.05, 3.63) is 94.4 Å². The van der Waals surface area contributed by atoms with Gasteiger partial charge in [0.2, 0.25) is 5.89 Å². The second-order valence-electron chi connectivity index (χ2n) is 13.6. The van der Waals surface area contributed by atoms with Gasteiger partial charge < -0.3 is 20.2 Å². The van der Waals surface area contributed by atoms with E-state index < -0.39 is 0 Å². The molecular weight excluding hydrogens is 624 g/mol. The Balaban J connectivity index is 1.20. The summed E-state index contributed by atoms with van der Waals surface area (Å²) in [5.41, 5.74) is 11.3. The molecule has 10 nitrogen and oxygen atoms in total. The van der Waals surface area contributed by atoms with E-state index in [0.717, 1.165) is 69.8 Å². The van der Waals surface area contributed by atoms with Gasteiger partial charge in [-0.25, -0.2) is 15.0 Å². The van der Waals surface area contributed by atoms with E-state index in [1.807, 2.05) is 56.4 Å². The smallest absolute Gasteiger partial charge is 0.227 e. The maximum Gasteiger partial charge on any atom is 0.227 e. The van der Waals surface area contributed by atoms with Crippen LogP contribution in [0, 0.1) is 38.0 Å². The predicted molar refractivity (Wildman–Crippen MR) is 197 cm³/mol. The van der Waals surface area contributed by atoms with Crippen LogP contribution < -0.4 is 10.6 Å². The third-order valence-corrected chi connectivity index (χ3v) is 9.66. The van der Waals surface area contributed by atoms with Gasteiger partial charge in [0, 0.05) is 43.1 Å². The minimum Gasteiger partial charge on any atom is -0.435 e. The Hall–Kier alpha value is -5.21. The van der Waals surface area contributed by atoms with E-state index in [9.17, 15) is 10.4 Å².